The summed E-state index contributed by atoms with van der Waals surface area (Å²) < 4.78 is 27.1. The van der Waals surface area contributed by atoms with Crippen molar-refractivity contribution in [2.24, 2.45) is 5.92 Å². The molecule has 0 bridgehead atoms. The minimum Gasteiger partial charge on any atom is -0.312 e. The molecule has 1 rings (SSSR count). The first-order chi connectivity index (χ1) is 8.62. The van der Waals surface area contributed by atoms with Crippen LogP contribution in [0.2, 0.25) is 0 Å². The lowest BCUT2D eigenvalue weighted by molar-refractivity contribution is 0.440. The molecule has 1 aromatic carbocycles. The number of rotatable bonds is 6. The van der Waals surface area contributed by atoms with Crippen molar-refractivity contribution >= 4 is 0 Å². The lowest BCUT2D eigenvalue weighted by Gasteiger charge is -2.14. The lowest BCUT2D eigenvalue weighted by atomic mass is 10.0. The summed E-state index contributed by atoms with van der Waals surface area (Å²) in [7, 11) is 0. The molecule has 0 atom stereocenters. The third kappa shape index (κ3) is 3.78. The zero-order valence-corrected chi connectivity index (χ0v) is 10.8. The Kier molecular flexibility index (Phi) is 5.73. The molecule has 0 aromatic heterocycles. The van der Waals surface area contributed by atoms with E-state index in [0.29, 0.717) is 5.92 Å². The Hall–Kier alpha value is -1.47. The molecule has 0 aliphatic rings. The summed E-state index contributed by atoms with van der Waals surface area (Å²) in [6, 6.07) is 3.86. The Morgan fingerprint density at radius 3 is 2.22 bits per heavy atom. The normalized spacial score (nSPS) is 10.7. The molecule has 1 aromatic rings. The Labute approximate surface area is 107 Å². The van der Waals surface area contributed by atoms with Crippen molar-refractivity contribution in [1.29, 1.82) is 5.26 Å². The Balaban J connectivity index is 2.66. The number of halogens is 2. The van der Waals surface area contributed by atoms with Crippen molar-refractivity contribution in [2.45, 2.75) is 33.2 Å². The van der Waals surface area contributed by atoms with E-state index in [-0.39, 0.29) is 17.7 Å². The van der Waals surface area contributed by atoms with Gasteiger partial charge in [0.05, 0.1) is 11.6 Å². The molecule has 0 saturated heterocycles. The third-order valence-corrected chi connectivity index (χ3v) is 3.16. The Morgan fingerprint density at radius 1 is 1.22 bits per heavy atom. The molecule has 4 heteroatoms. The number of nitrogens with one attached hydrogen (secondary N) is 1. The van der Waals surface area contributed by atoms with Crippen LogP contribution in [0.25, 0.3) is 0 Å². The summed E-state index contributed by atoms with van der Waals surface area (Å²) in [5.74, 6) is -0.804. The van der Waals surface area contributed by atoms with Crippen molar-refractivity contribution in [3.8, 4) is 6.07 Å². The first-order valence-corrected chi connectivity index (χ1v) is 6.21. The highest BCUT2D eigenvalue weighted by molar-refractivity contribution is 5.34. The third-order valence-electron chi connectivity index (χ3n) is 3.16. The number of benzene rings is 1. The summed E-state index contributed by atoms with van der Waals surface area (Å²) in [6.07, 6.45) is 2.09. The molecule has 0 saturated carbocycles. The first kappa shape index (κ1) is 14.6. The highest BCUT2D eigenvalue weighted by Crippen LogP contribution is 2.15. The van der Waals surface area contributed by atoms with Crippen molar-refractivity contribution in [2.75, 3.05) is 6.54 Å². The van der Waals surface area contributed by atoms with Crippen LogP contribution in [0.15, 0.2) is 12.1 Å². The van der Waals surface area contributed by atoms with Crippen LogP contribution < -0.4 is 5.32 Å². The fourth-order valence-electron chi connectivity index (χ4n) is 1.82. The molecular weight excluding hydrogens is 234 g/mol. The van der Waals surface area contributed by atoms with Crippen LogP contribution in [0.1, 0.15) is 37.8 Å². The van der Waals surface area contributed by atoms with Gasteiger partial charge in [0.2, 0.25) is 0 Å². The molecule has 0 aliphatic carbocycles. The van der Waals surface area contributed by atoms with Gasteiger partial charge in [-0.25, -0.2) is 8.78 Å². The molecule has 0 aliphatic heterocycles. The second-order valence-corrected chi connectivity index (χ2v) is 4.34. The van der Waals surface area contributed by atoms with Gasteiger partial charge in [0.25, 0.3) is 0 Å². The van der Waals surface area contributed by atoms with E-state index >= 15 is 0 Å². The molecule has 0 radical (unpaired) electrons. The summed E-state index contributed by atoms with van der Waals surface area (Å²) in [5, 5.41) is 11.7. The molecule has 98 valence electrons. The number of nitriles is 1. The van der Waals surface area contributed by atoms with Crippen molar-refractivity contribution in [3.05, 3.63) is 34.9 Å². The summed E-state index contributed by atoms with van der Waals surface area (Å²) in [5.41, 5.74) is 0.00805. The quantitative estimate of drug-likeness (QED) is 0.842. The van der Waals surface area contributed by atoms with Crippen LogP contribution >= 0.6 is 0 Å². The minimum absolute atomic E-state index is 0.0000406. The van der Waals surface area contributed by atoms with E-state index in [2.05, 4.69) is 19.2 Å². The standard InChI is InChI=1S/C14H18F2N2/c1-3-10(4-2)8-18-9-12-13(15)5-11(7-17)6-14(12)16/h5-6,10,18H,3-4,8-9H2,1-2H3. The number of hydrogen-bond acceptors (Lipinski definition) is 2. The van der Waals surface area contributed by atoms with Gasteiger partial charge in [-0.3, -0.25) is 0 Å². The average molecular weight is 252 g/mol. The van der Waals surface area contributed by atoms with Gasteiger partial charge in [-0.1, -0.05) is 26.7 Å². The van der Waals surface area contributed by atoms with E-state index < -0.39 is 11.6 Å². The van der Waals surface area contributed by atoms with Crippen molar-refractivity contribution in [3.63, 3.8) is 0 Å². The first-order valence-electron chi connectivity index (χ1n) is 6.21. The van der Waals surface area contributed by atoms with Gasteiger partial charge in [-0.05, 0) is 24.6 Å². The van der Waals surface area contributed by atoms with Gasteiger partial charge >= 0.3 is 0 Å². The average Bonchev–Trinajstić information content (AvgIpc) is 2.37. The molecule has 0 spiro atoms. The van der Waals surface area contributed by atoms with Gasteiger partial charge in [0.1, 0.15) is 11.6 Å². The van der Waals surface area contributed by atoms with Crippen LogP contribution in [0.5, 0.6) is 0 Å². The predicted molar refractivity (Wildman–Crippen MR) is 66.9 cm³/mol. The molecule has 1 N–H and O–H groups in total. The number of nitrogens with zero attached hydrogens (tertiary/aromatic N) is 1. The van der Waals surface area contributed by atoms with E-state index in [9.17, 15) is 8.78 Å². The van der Waals surface area contributed by atoms with Crippen LogP contribution in [0, 0.1) is 28.9 Å². The van der Waals surface area contributed by atoms with Crippen LogP contribution in [0.4, 0.5) is 8.78 Å². The highest BCUT2D eigenvalue weighted by atomic mass is 19.1. The molecule has 2 nitrogen and oxygen atoms in total. The van der Waals surface area contributed by atoms with E-state index in [1.807, 2.05) is 0 Å². The van der Waals surface area contributed by atoms with Crippen molar-refractivity contribution in [1.82, 2.24) is 5.32 Å². The summed E-state index contributed by atoms with van der Waals surface area (Å²) in [6.45, 7) is 5.09. The van der Waals surface area contributed by atoms with Crippen LogP contribution in [-0.2, 0) is 6.54 Å². The van der Waals surface area contributed by atoms with Gasteiger partial charge in [-0.2, -0.15) is 5.26 Å². The van der Waals surface area contributed by atoms with Gasteiger partial charge in [0.15, 0.2) is 0 Å². The number of hydrogen-bond donors (Lipinski definition) is 1. The second-order valence-electron chi connectivity index (χ2n) is 4.34. The maximum Gasteiger partial charge on any atom is 0.131 e. The summed E-state index contributed by atoms with van der Waals surface area (Å²) in [4.78, 5) is 0. The maximum absolute atomic E-state index is 13.6. The van der Waals surface area contributed by atoms with Crippen LogP contribution in [0.3, 0.4) is 0 Å². The largest absolute Gasteiger partial charge is 0.312 e. The zero-order chi connectivity index (χ0) is 13.5. The molecule has 0 amide bonds. The van der Waals surface area contributed by atoms with Gasteiger partial charge in [-0.15, -0.1) is 0 Å². The lowest BCUT2D eigenvalue weighted by Crippen LogP contribution is -2.22. The molecular formula is C14H18F2N2. The van der Waals surface area contributed by atoms with Crippen LogP contribution in [-0.4, -0.2) is 6.54 Å². The fraction of sp³-hybridized carbons (Fsp3) is 0.500. The Bertz CT molecular complexity index is 411. The smallest absolute Gasteiger partial charge is 0.131 e. The van der Waals surface area contributed by atoms with E-state index in [1.165, 1.54) is 0 Å². The monoisotopic (exact) mass is 252 g/mol. The minimum atomic E-state index is -0.663. The topological polar surface area (TPSA) is 35.8 Å². The molecule has 0 unspecified atom stereocenters. The van der Waals surface area contributed by atoms with Crippen molar-refractivity contribution < 1.29 is 8.78 Å². The highest BCUT2D eigenvalue weighted by Gasteiger charge is 2.11. The molecule has 0 heterocycles. The molecule has 0 fully saturated rings. The van der Waals surface area contributed by atoms with Gasteiger partial charge in [0, 0.05) is 12.1 Å². The Morgan fingerprint density at radius 2 is 1.78 bits per heavy atom. The second kappa shape index (κ2) is 7.07. The molecule has 18 heavy (non-hydrogen) atoms. The zero-order valence-electron chi connectivity index (χ0n) is 10.8. The van der Waals surface area contributed by atoms with E-state index in [0.717, 1.165) is 31.5 Å². The maximum atomic E-state index is 13.6. The van der Waals surface area contributed by atoms with E-state index in [4.69, 9.17) is 5.26 Å². The van der Waals surface area contributed by atoms with E-state index in [1.54, 1.807) is 6.07 Å². The predicted octanol–water partition coefficient (Wildman–Crippen LogP) is 3.36. The van der Waals surface area contributed by atoms with Gasteiger partial charge < -0.3 is 5.32 Å². The SMILES string of the molecule is CCC(CC)CNCc1c(F)cc(C#N)cc1F. The summed E-state index contributed by atoms with van der Waals surface area (Å²) >= 11 is 0. The fourth-order valence-corrected chi connectivity index (χ4v) is 1.82.